The quantitative estimate of drug-likeness (QED) is 0.226. The monoisotopic (exact) mass is 534 g/mol. The van der Waals surface area contributed by atoms with Gasteiger partial charge in [0.05, 0.1) is 11.9 Å². The SMILES string of the molecule is N=C/C=C(\Nc1cccc(OC(F)(F)F)c1)c1nn(-c2ccc(-c3cnn(C(F)F)c3)cc2F)ccc1=O. The normalized spacial score (nSPS) is 12.0. The van der Waals surface area contributed by atoms with Crippen LogP contribution in [-0.2, 0) is 0 Å². The molecule has 4 rings (SSSR count). The largest absolute Gasteiger partial charge is 0.573 e. The van der Waals surface area contributed by atoms with Crippen LogP contribution in [0.25, 0.3) is 22.5 Å². The molecule has 38 heavy (non-hydrogen) atoms. The molecule has 0 atom stereocenters. The molecule has 0 amide bonds. The fraction of sp³-hybridized carbons (Fsp3) is 0.0833. The van der Waals surface area contributed by atoms with Gasteiger partial charge in [-0.05, 0) is 35.9 Å². The molecule has 2 heterocycles. The van der Waals surface area contributed by atoms with Crippen molar-refractivity contribution < 1.29 is 31.1 Å². The Kier molecular flexibility index (Phi) is 7.32. The maximum Gasteiger partial charge on any atom is 0.573 e. The molecule has 0 radical (unpaired) electrons. The Bertz CT molecular complexity index is 1560. The second-order valence-electron chi connectivity index (χ2n) is 7.57. The van der Waals surface area contributed by atoms with E-state index in [1.807, 2.05) is 0 Å². The third-order valence-corrected chi connectivity index (χ3v) is 4.99. The molecule has 4 aromatic rings. The number of nitrogens with one attached hydrogen (secondary N) is 2. The van der Waals surface area contributed by atoms with Crippen molar-refractivity contribution in [2.75, 3.05) is 5.32 Å². The number of aromatic nitrogens is 4. The minimum Gasteiger partial charge on any atom is -0.406 e. The Morgan fingerprint density at radius 3 is 2.55 bits per heavy atom. The van der Waals surface area contributed by atoms with Crippen LogP contribution in [0, 0.1) is 11.2 Å². The van der Waals surface area contributed by atoms with Crippen LogP contribution in [0.3, 0.4) is 0 Å². The molecule has 196 valence electrons. The van der Waals surface area contributed by atoms with E-state index < -0.39 is 29.9 Å². The Balaban J connectivity index is 1.66. The number of ether oxygens (including phenoxy) is 1. The van der Waals surface area contributed by atoms with Crippen molar-refractivity contribution in [3.8, 4) is 22.6 Å². The lowest BCUT2D eigenvalue weighted by molar-refractivity contribution is -0.274. The molecule has 2 aromatic carbocycles. The van der Waals surface area contributed by atoms with Crippen LogP contribution in [0.15, 0.2) is 78.0 Å². The highest BCUT2D eigenvalue weighted by molar-refractivity contribution is 5.87. The summed E-state index contributed by atoms with van der Waals surface area (Å²) in [5.41, 5.74) is -0.420. The third-order valence-electron chi connectivity index (χ3n) is 4.99. The van der Waals surface area contributed by atoms with Crippen molar-refractivity contribution in [1.82, 2.24) is 19.6 Å². The van der Waals surface area contributed by atoms with E-state index in [0.29, 0.717) is 4.68 Å². The third kappa shape index (κ3) is 6.08. The topological polar surface area (TPSA) is 97.8 Å². The molecule has 0 fully saturated rings. The molecule has 0 bridgehead atoms. The van der Waals surface area contributed by atoms with Crippen LogP contribution < -0.4 is 15.5 Å². The number of halogens is 6. The van der Waals surface area contributed by atoms with Gasteiger partial charge in [0, 0.05) is 42.0 Å². The predicted octanol–water partition coefficient (Wildman–Crippen LogP) is 5.63. The highest BCUT2D eigenvalue weighted by Crippen LogP contribution is 2.27. The summed E-state index contributed by atoms with van der Waals surface area (Å²) >= 11 is 0. The Morgan fingerprint density at radius 2 is 1.89 bits per heavy atom. The van der Waals surface area contributed by atoms with Gasteiger partial charge in [-0.15, -0.1) is 13.2 Å². The van der Waals surface area contributed by atoms with Gasteiger partial charge in [-0.2, -0.15) is 19.0 Å². The number of benzene rings is 2. The molecule has 0 aliphatic carbocycles. The molecule has 0 saturated carbocycles. The molecule has 0 unspecified atom stereocenters. The van der Waals surface area contributed by atoms with Crippen LogP contribution in [0.2, 0.25) is 0 Å². The summed E-state index contributed by atoms with van der Waals surface area (Å²) in [6.07, 6.45) is 0.467. The maximum absolute atomic E-state index is 15.0. The summed E-state index contributed by atoms with van der Waals surface area (Å²) in [6.45, 7) is -2.85. The number of nitrogens with zero attached hydrogens (tertiary/aromatic N) is 4. The number of allylic oxidation sites excluding steroid dienone is 1. The van der Waals surface area contributed by atoms with E-state index in [0.717, 1.165) is 53.6 Å². The van der Waals surface area contributed by atoms with Gasteiger partial charge in [-0.3, -0.25) is 4.79 Å². The maximum atomic E-state index is 15.0. The van der Waals surface area contributed by atoms with Gasteiger partial charge in [-0.1, -0.05) is 12.1 Å². The standard InChI is InChI=1S/C24H16F6N6O2/c25-18-10-14(15-12-32-36(13-15)23(26)27)4-5-20(18)35-9-7-21(37)22(34-35)19(6-8-31)33-16-2-1-3-17(11-16)38-24(28,29)30/h1-13,23,31,33H/b19-6-,31-8?. The van der Waals surface area contributed by atoms with Gasteiger partial charge in [0.1, 0.15) is 17.3 Å². The number of hydrogen-bond acceptors (Lipinski definition) is 6. The average Bonchev–Trinajstić information content (AvgIpc) is 3.34. The number of rotatable bonds is 8. The fourth-order valence-electron chi connectivity index (χ4n) is 3.38. The van der Waals surface area contributed by atoms with Crippen LogP contribution in [-0.4, -0.2) is 32.1 Å². The van der Waals surface area contributed by atoms with Gasteiger partial charge in [-0.25, -0.2) is 13.8 Å². The molecule has 8 nitrogen and oxygen atoms in total. The number of hydrogen-bond donors (Lipinski definition) is 2. The van der Waals surface area contributed by atoms with Crippen molar-refractivity contribution in [3.05, 3.63) is 94.9 Å². The van der Waals surface area contributed by atoms with E-state index in [9.17, 15) is 26.7 Å². The highest BCUT2D eigenvalue weighted by Gasteiger charge is 2.31. The number of anilines is 1. The zero-order chi connectivity index (χ0) is 27.4. The van der Waals surface area contributed by atoms with E-state index in [-0.39, 0.29) is 33.9 Å². The van der Waals surface area contributed by atoms with Crippen LogP contribution in [0.5, 0.6) is 5.75 Å². The Hall–Kier alpha value is -4.88. The molecule has 0 aliphatic rings. The minimum atomic E-state index is -4.91. The first-order valence-corrected chi connectivity index (χ1v) is 10.6. The van der Waals surface area contributed by atoms with Crippen LogP contribution in [0.1, 0.15) is 12.2 Å². The van der Waals surface area contributed by atoms with Crippen molar-refractivity contribution in [2.24, 2.45) is 0 Å². The van der Waals surface area contributed by atoms with E-state index in [1.54, 1.807) is 0 Å². The Labute approximate surface area is 209 Å². The first-order chi connectivity index (χ1) is 18.0. The van der Waals surface area contributed by atoms with Crippen LogP contribution >= 0.6 is 0 Å². The summed E-state index contributed by atoms with van der Waals surface area (Å²) in [4.78, 5) is 12.6. The lowest BCUT2D eigenvalue weighted by atomic mass is 10.1. The molecule has 0 aliphatic heterocycles. The zero-order valence-electron chi connectivity index (χ0n) is 19.0. The highest BCUT2D eigenvalue weighted by atomic mass is 19.4. The smallest absolute Gasteiger partial charge is 0.406 e. The van der Waals surface area contributed by atoms with E-state index >= 15 is 4.39 Å². The van der Waals surface area contributed by atoms with Crippen molar-refractivity contribution >= 4 is 17.6 Å². The summed E-state index contributed by atoms with van der Waals surface area (Å²) < 4.78 is 83.6. The lowest BCUT2D eigenvalue weighted by Crippen LogP contribution is -2.19. The second kappa shape index (κ2) is 10.6. The summed E-state index contributed by atoms with van der Waals surface area (Å²) in [6, 6.07) is 9.73. The average molecular weight is 534 g/mol. The Morgan fingerprint density at radius 1 is 1.11 bits per heavy atom. The van der Waals surface area contributed by atoms with Gasteiger partial charge in [0.15, 0.2) is 5.69 Å². The van der Waals surface area contributed by atoms with Crippen molar-refractivity contribution in [1.29, 1.82) is 5.41 Å². The summed E-state index contributed by atoms with van der Waals surface area (Å²) in [7, 11) is 0. The van der Waals surface area contributed by atoms with Gasteiger partial charge in [0.2, 0.25) is 5.43 Å². The van der Waals surface area contributed by atoms with E-state index in [2.05, 4.69) is 20.3 Å². The second-order valence-corrected chi connectivity index (χ2v) is 7.57. The van der Waals surface area contributed by atoms with E-state index in [1.165, 1.54) is 30.5 Å². The molecule has 14 heteroatoms. The van der Waals surface area contributed by atoms with E-state index in [4.69, 9.17) is 5.41 Å². The zero-order valence-corrected chi connectivity index (χ0v) is 19.0. The molecule has 0 spiro atoms. The van der Waals surface area contributed by atoms with Crippen LogP contribution in [0.4, 0.5) is 32.0 Å². The molecule has 2 aromatic heterocycles. The van der Waals surface area contributed by atoms with Gasteiger partial charge < -0.3 is 15.5 Å². The van der Waals surface area contributed by atoms with Crippen molar-refractivity contribution in [2.45, 2.75) is 12.9 Å². The predicted molar refractivity (Wildman–Crippen MR) is 126 cm³/mol. The first-order valence-electron chi connectivity index (χ1n) is 10.6. The van der Waals surface area contributed by atoms with Gasteiger partial charge in [0.25, 0.3) is 0 Å². The molecule has 2 N–H and O–H groups in total. The first kappa shape index (κ1) is 26.2. The lowest BCUT2D eigenvalue weighted by Gasteiger charge is -2.14. The minimum absolute atomic E-state index is 0.0556. The van der Waals surface area contributed by atoms with Gasteiger partial charge >= 0.3 is 12.9 Å². The number of alkyl halides is 5. The fourth-order valence-corrected chi connectivity index (χ4v) is 3.38. The van der Waals surface area contributed by atoms with Crippen molar-refractivity contribution in [3.63, 3.8) is 0 Å². The summed E-state index contributed by atoms with van der Waals surface area (Å²) in [5, 5.41) is 17.8. The summed E-state index contributed by atoms with van der Waals surface area (Å²) in [5.74, 6) is -1.31. The molecular weight excluding hydrogens is 518 g/mol. The molecule has 0 saturated heterocycles. The molecular formula is C24H16F6N6O2.